The highest BCUT2D eigenvalue weighted by Crippen LogP contribution is 2.36. The Labute approximate surface area is 191 Å². The second-order valence-corrected chi connectivity index (χ2v) is 11.2. The lowest BCUT2D eigenvalue weighted by Crippen LogP contribution is -2.31. The van der Waals surface area contributed by atoms with Crippen LogP contribution in [0, 0.1) is 11.8 Å². The molecule has 0 aliphatic rings. The summed E-state index contributed by atoms with van der Waals surface area (Å²) in [4.78, 5) is 18.5. The lowest BCUT2D eigenvalue weighted by Gasteiger charge is -2.31. The van der Waals surface area contributed by atoms with E-state index >= 15 is 0 Å². The first-order valence-corrected chi connectivity index (χ1v) is 12.1. The largest absolute Gasteiger partial charge is 0.481 e. The summed E-state index contributed by atoms with van der Waals surface area (Å²) < 4.78 is 0. The van der Waals surface area contributed by atoms with E-state index in [1.54, 1.807) is 11.3 Å². The summed E-state index contributed by atoms with van der Waals surface area (Å²) in [6.07, 6.45) is 0.117. The van der Waals surface area contributed by atoms with Crippen LogP contribution in [0.2, 0.25) is 0 Å². The predicted molar refractivity (Wildman–Crippen MR) is 133 cm³/mol. The van der Waals surface area contributed by atoms with Crippen LogP contribution in [-0.2, 0) is 10.2 Å². The Hall–Kier alpha value is -2.08. The average molecular weight is 446 g/mol. The second kappa shape index (κ2) is 10.5. The van der Waals surface area contributed by atoms with Crippen LogP contribution in [0.15, 0.2) is 23.6 Å². The molecule has 0 saturated heterocycles. The zero-order valence-corrected chi connectivity index (χ0v) is 21.1. The number of aromatic nitrogens is 1. The molecular weight excluding hydrogens is 406 g/mol. The van der Waals surface area contributed by atoms with E-state index in [4.69, 9.17) is 4.98 Å². The van der Waals surface area contributed by atoms with Gasteiger partial charge in [0, 0.05) is 23.9 Å². The minimum Gasteiger partial charge on any atom is -0.481 e. The van der Waals surface area contributed by atoms with Gasteiger partial charge in [-0.05, 0) is 35.4 Å². The Balaban J connectivity index is 2.47. The van der Waals surface area contributed by atoms with Crippen molar-refractivity contribution in [3.63, 3.8) is 0 Å². The molecule has 0 amide bonds. The Kier molecular flexibility index (Phi) is 8.52. The van der Waals surface area contributed by atoms with E-state index < -0.39 is 5.97 Å². The van der Waals surface area contributed by atoms with Gasteiger partial charge in [-0.1, -0.05) is 61.5 Å². The smallest absolute Gasteiger partial charge is 0.303 e. The van der Waals surface area contributed by atoms with Crippen LogP contribution in [-0.4, -0.2) is 29.1 Å². The normalized spacial score (nSPS) is 13.0. The van der Waals surface area contributed by atoms with E-state index in [-0.39, 0.29) is 17.8 Å². The van der Waals surface area contributed by atoms with Gasteiger partial charge in [0.15, 0.2) is 5.13 Å². The molecule has 0 radical (unpaired) electrons. The molecule has 2 N–H and O–H groups in total. The molecule has 0 aliphatic heterocycles. The summed E-state index contributed by atoms with van der Waals surface area (Å²) in [7, 11) is 0. The molecule has 1 unspecified atom stereocenters. The van der Waals surface area contributed by atoms with Crippen LogP contribution in [0.1, 0.15) is 79.0 Å². The molecule has 0 aliphatic carbocycles. The average Bonchev–Trinajstić information content (AvgIpc) is 3.08. The second-order valence-electron chi connectivity index (χ2n) is 10.4. The van der Waals surface area contributed by atoms with Gasteiger partial charge in [-0.15, -0.1) is 11.3 Å². The third kappa shape index (κ3) is 7.53. The van der Waals surface area contributed by atoms with Crippen molar-refractivity contribution in [2.75, 3.05) is 23.3 Å². The van der Waals surface area contributed by atoms with E-state index in [1.165, 1.54) is 0 Å². The minimum absolute atomic E-state index is 0.00156. The fraction of sp³-hybridized carbons (Fsp3) is 0.600. The number of carboxylic acids is 1. The number of anilines is 3. The highest BCUT2D eigenvalue weighted by Gasteiger charge is 2.20. The highest BCUT2D eigenvalue weighted by atomic mass is 32.1. The summed E-state index contributed by atoms with van der Waals surface area (Å²) in [5.41, 5.74) is 4.22. The topological polar surface area (TPSA) is 65.5 Å². The maximum absolute atomic E-state index is 11.2. The number of rotatable bonds is 10. The van der Waals surface area contributed by atoms with Gasteiger partial charge in [0.25, 0.3) is 0 Å². The molecule has 0 bridgehead atoms. The van der Waals surface area contributed by atoms with Gasteiger partial charge in [0.05, 0.1) is 23.5 Å². The number of hydrogen-bond donors (Lipinski definition) is 2. The maximum Gasteiger partial charge on any atom is 0.303 e. The van der Waals surface area contributed by atoms with Gasteiger partial charge in [-0.2, -0.15) is 0 Å². The number of carboxylic acid groups (broad SMARTS) is 1. The van der Waals surface area contributed by atoms with Gasteiger partial charge in [-0.25, -0.2) is 4.98 Å². The van der Waals surface area contributed by atoms with E-state index in [2.05, 4.69) is 82.3 Å². The van der Waals surface area contributed by atoms with Gasteiger partial charge in [0.1, 0.15) is 0 Å². The Morgan fingerprint density at radius 1 is 1.13 bits per heavy atom. The SMILES string of the molecule is CC(C)CN(CC(C)C)c1ccc(C(C)CC(=O)O)cc1Nc1nc(C(C)(C)C)cs1. The molecule has 5 nitrogen and oxygen atoms in total. The lowest BCUT2D eigenvalue weighted by atomic mass is 9.93. The van der Waals surface area contributed by atoms with Gasteiger partial charge in [-0.3, -0.25) is 4.79 Å². The molecular formula is C25H39N3O2S. The van der Waals surface area contributed by atoms with Crippen molar-refractivity contribution in [2.24, 2.45) is 11.8 Å². The Bertz CT molecular complexity index is 858. The first-order valence-electron chi connectivity index (χ1n) is 11.2. The molecule has 1 heterocycles. The third-order valence-corrected chi connectivity index (χ3v) is 5.85. The summed E-state index contributed by atoms with van der Waals surface area (Å²) in [5.74, 6) is 0.230. The highest BCUT2D eigenvalue weighted by molar-refractivity contribution is 7.13. The third-order valence-electron chi connectivity index (χ3n) is 5.10. The fourth-order valence-corrected chi connectivity index (χ4v) is 4.51. The lowest BCUT2D eigenvalue weighted by molar-refractivity contribution is -0.137. The molecule has 0 spiro atoms. The van der Waals surface area contributed by atoms with Crippen molar-refractivity contribution in [3.05, 3.63) is 34.8 Å². The van der Waals surface area contributed by atoms with Crippen molar-refractivity contribution in [1.82, 2.24) is 4.98 Å². The molecule has 0 saturated carbocycles. The summed E-state index contributed by atoms with van der Waals surface area (Å²) in [6.45, 7) is 19.3. The number of benzene rings is 1. The molecule has 0 fully saturated rings. The van der Waals surface area contributed by atoms with Crippen molar-refractivity contribution in [2.45, 2.75) is 73.1 Å². The Morgan fingerprint density at radius 3 is 2.23 bits per heavy atom. The quantitative estimate of drug-likeness (QED) is 0.417. The zero-order valence-electron chi connectivity index (χ0n) is 20.3. The van der Waals surface area contributed by atoms with Gasteiger partial charge < -0.3 is 15.3 Å². The first kappa shape index (κ1) is 25.2. The van der Waals surface area contributed by atoms with Crippen LogP contribution >= 0.6 is 11.3 Å². The summed E-state index contributed by atoms with van der Waals surface area (Å²) >= 11 is 1.61. The molecule has 1 aromatic carbocycles. The molecule has 6 heteroatoms. The zero-order chi connectivity index (χ0) is 23.3. The first-order chi connectivity index (χ1) is 14.4. The van der Waals surface area contributed by atoms with Crippen LogP contribution in [0.25, 0.3) is 0 Å². The number of thiazole rings is 1. The number of carbonyl (C=O) groups is 1. The summed E-state index contributed by atoms with van der Waals surface area (Å²) in [6, 6.07) is 6.32. The molecule has 1 aromatic heterocycles. The number of nitrogens with one attached hydrogen (secondary N) is 1. The number of aliphatic carboxylic acids is 1. The van der Waals surface area contributed by atoms with Crippen molar-refractivity contribution in [3.8, 4) is 0 Å². The fourth-order valence-electron chi connectivity index (χ4n) is 3.56. The Morgan fingerprint density at radius 2 is 1.74 bits per heavy atom. The van der Waals surface area contributed by atoms with Crippen molar-refractivity contribution < 1.29 is 9.90 Å². The molecule has 1 atom stereocenters. The predicted octanol–water partition coefficient (Wildman–Crippen LogP) is 6.88. The van der Waals surface area contributed by atoms with E-state index in [1.807, 2.05) is 6.92 Å². The van der Waals surface area contributed by atoms with Crippen LogP contribution in [0.3, 0.4) is 0 Å². The molecule has 172 valence electrons. The number of hydrogen-bond acceptors (Lipinski definition) is 5. The monoisotopic (exact) mass is 445 g/mol. The van der Waals surface area contributed by atoms with Crippen LogP contribution in [0.5, 0.6) is 0 Å². The summed E-state index contributed by atoms with van der Waals surface area (Å²) in [5, 5.41) is 15.8. The van der Waals surface area contributed by atoms with Crippen LogP contribution < -0.4 is 10.2 Å². The standard InChI is InChI=1S/C25H39N3O2S/c1-16(2)13-28(14-17(3)4)21-10-9-19(18(5)11-23(29)30)12-20(21)26-24-27-22(15-31-24)25(6,7)8/h9-10,12,15-18H,11,13-14H2,1-8H3,(H,26,27)(H,29,30). The number of nitrogens with zero attached hydrogens (tertiary/aromatic N) is 2. The van der Waals surface area contributed by atoms with Crippen molar-refractivity contribution >= 4 is 33.8 Å². The van der Waals surface area contributed by atoms with Crippen molar-refractivity contribution in [1.29, 1.82) is 0 Å². The molecule has 31 heavy (non-hydrogen) atoms. The van der Waals surface area contributed by atoms with E-state index in [0.29, 0.717) is 11.8 Å². The van der Waals surface area contributed by atoms with Gasteiger partial charge in [0.2, 0.25) is 0 Å². The van der Waals surface area contributed by atoms with Gasteiger partial charge >= 0.3 is 5.97 Å². The maximum atomic E-state index is 11.2. The van der Waals surface area contributed by atoms with Crippen LogP contribution in [0.4, 0.5) is 16.5 Å². The van der Waals surface area contributed by atoms with E-state index in [0.717, 1.165) is 40.9 Å². The molecule has 2 aromatic rings. The minimum atomic E-state index is -0.776. The molecule has 2 rings (SSSR count). The van der Waals surface area contributed by atoms with E-state index in [9.17, 15) is 9.90 Å².